The van der Waals surface area contributed by atoms with Crippen LogP contribution in [0.3, 0.4) is 0 Å². The minimum Gasteiger partial charge on any atom is -0.497 e. The van der Waals surface area contributed by atoms with Crippen LogP contribution < -0.4 is 14.2 Å². The van der Waals surface area contributed by atoms with Crippen LogP contribution in [0.5, 0.6) is 17.2 Å². The van der Waals surface area contributed by atoms with E-state index in [1.165, 1.54) is 0 Å². The van der Waals surface area contributed by atoms with Crippen molar-refractivity contribution in [3.63, 3.8) is 0 Å². The molecule has 4 rings (SSSR count). The van der Waals surface area contributed by atoms with Crippen molar-refractivity contribution < 1.29 is 23.5 Å². The molecule has 31 heavy (non-hydrogen) atoms. The number of hydrogen-bond acceptors (Lipinski definition) is 7. The molecule has 2 atom stereocenters. The molecular formula is C23H25N3O5. The molecule has 0 bridgehead atoms. The summed E-state index contributed by atoms with van der Waals surface area (Å²) in [5.41, 5.74) is 1.78. The summed E-state index contributed by atoms with van der Waals surface area (Å²) in [5, 5.41) is 4.14. The molecule has 3 aromatic rings. The van der Waals surface area contributed by atoms with Crippen LogP contribution in [-0.2, 0) is 4.79 Å². The zero-order valence-electron chi connectivity index (χ0n) is 18.0. The van der Waals surface area contributed by atoms with E-state index in [9.17, 15) is 4.79 Å². The number of likely N-dealkylation sites (tertiary alicyclic amines) is 1. The zero-order chi connectivity index (χ0) is 22.0. The van der Waals surface area contributed by atoms with Crippen molar-refractivity contribution in [3.8, 4) is 28.7 Å². The van der Waals surface area contributed by atoms with Crippen molar-refractivity contribution in [1.29, 1.82) is 0 Å². The number of benzene rings is 2. The Morgan fingerprint density at radius 1 is 1.03 bits per heavy atom. The maximum Gasteiger partial charge on any atom is 0.258 e. The number of carbonyl (C=O) groups is 1. The fourth-order valence-electron chi connectivity index (χ4n) is 3.83. The van der Waals surface area contributed by atoms with Crippen molar-refractivity contribution in [1.82, 2.24) is 15.0 Å². The Kier molecular flexibility index (Phi) is 5.79. The predicted octanol–water partition coefficient (Wildman–Crippen LogP) is 3.84. The highest BCUT2D eigenvalue weighted by Gasteiger charge is 2.36. The largest absolute Gasteiger partial charge is 0.497 e. The summed E-state index contributed by atoms with van der Waals surface area (Å²) in [6, 6.07) is 13.1. The standard InChI is InChI=1S/C23H25N3O5/c1-14(15-5-8-18(28-2)9-6-15)26-13-17(12-21(26)27)22-24-23(31-25-22)16-7-10-19(29-3)20(11-16)30-4/h5-11,14,17H,12-13H2,1-4H3. The van der Waals surface area contributed by atoms with Gasteiger partial charge in [0.15, 0.2) is 17.3 Å². The quantitative estimate of drug-likeness (QED) is 0.571. The van der Waals surface area contributed by atoms with Crippen molar-refractivity contribution in [2.75, 3.05) is 27.9 Å². The maximum atomic E-state index is 12.7. The molecule has 1 fully saturated rings. The second kappa shape index (κ2) is 8.67. The molecular weight excluding hydrogens is 398 g/mol. The minimum atomic E-state index is -0.120. The predicted molar refractivity (Wildman–Crippen MR) is 113 cm³/mol. The first-order valence-corrected chi connectivity index (χ1v) is 10.0. The van der Waals surface area contributed by atoms with E-state index >= 15 is 0 Å². The number of rotatable bonds is 7. The summed E-state index contributed by atoms with van der Waals surface area (Å²) in [6.45, 7) is 2.56. The van der Waals surface area contributed by atoms with Crippen LogP contribution in [0.2, 0.25) is 0 Å². The van der Waals surface area contributed by atoms with Gasteiger partial charge in [-0.3, -0.25) is 4.79 Å². The van der Waals surface area contributed by atoms with Gasteiger partial charge < -0.3 is 23.6 Å². The van der Waals surface area contributed by atoms with Crippen LogP contribution in [0.4, 0.5) is 0 Å². The molecule has 1 saturated heterocycles. The highest BCUT2D eigenvalue weighted by molar-refractivity contribution is 5.80. The van der Waals surface area contributed by atoms with Gasteiger partial charge in [-0.05, 0) is 42.8 Å². The van der Waals surface area contributed by atoms with Gasteiger partial charge in [-0.15, -0.1) is 0 Å². The van der Waals surface area contributed by atoms with E-state index in [2.05, 4.69) is 10.1 Å². The van der Waals surface area contributed by atoms with Crippen LogP contribution >= 0.6 is 0 Å². The Morgan fingerprint density at radius 2 is 1.77 bits per heavy atom. The maximum absolute atomic E-state index is 12.7. The van der Waals surface area contributed by atoms with Gasteiger partial charge >= 0.3 is 0 Å². The first kappa shape index (κ1) is 20.7. The summed E-state index contributed by atoms with van der Waals surface area (Å²) < 4.78 is 21.3. The average Bonchev–Trinajstić information content (AvgIpc) is 3.45. The zero-order valence-corrected chi connectivity index (χ0v) is 18.0. The van der Waals surface area contributed by atoms with E-state index in [1.807, 2.05) is 42.2 Å². The van der Waals surface area contributed by atoms with Gasteiger partial charge in [-0.25, -0.2) is 0 Å². The second-order valence-electron chi connectivity index (χ2n) is 7.42. The molecule has 162 valence electrons. The summed E-state index contributed by atoms with van der Waals surface area (Å²) in [5.74, 6) is 2.85. The molecule has 0 saturated carbocycles. The van der Waals surface area contributed by atoms with E-state index < -0.39 is 0 Å². The van der Waals surface area contributed by atoms with Crippen LogP contribution in [-0.4, -0.2) is 48.8 Å². The number of carbonyl (C=O) groups excluding carboxylic acids is 1. The first-order chi connectivity index (χ1) is 15.0. The third kappa shape index (κ3) is 4.05. The third-order valence-corrected chi connectivity index (χ3v) is 5.66. The van der Waals surface area contributed by atoms with Crippen molar-refractivity contribution in [3.05, 3.63) is 53.9 Å². The van der Waals surface area contributed by atoms with E-state index in [-0.39, 0.29) is 17.9 Å². The normalized spacial score (nSPS) is 17.0. The highest BCUT2D eigenvalue weighted by atomic mass is 16.5. The molecule has 0 spiro atoms. The van der Waals surface area contributed by atoms with Crippen molar-refractivity contribution in [2.45, 2.75) is 25.3 Å². The van der Waals surface area contributed by atoms with E-state index in [4.69, 9.17) is 18.7 Å². The second-order valence-corrected chi connectivity index (χ2v) is 7.42. The van der Waals surface area contributed by atoms with Crippen molar-refractivity contribution in [2.24, 2.45) is 0 Å². The minimum absolute atomic E-state index is 0.0550. The van der Waals surface area contributed by atoms with Crippen LogP contribution in [0.1, 0.15) is 36.7 Å². The van der Waals surface area contributed by atoms with Gasteiger partial charge in [-0.1, -0.05) is 17.3 Å². The average molecular weight is 423 g/mol. The van der Waals surface area contributed by atoms with Gasteiger partial charge in [0.1, 0.15) is 5.75 Å². The molecule has 8 heteroatoms. The van der Waals surface area contributed by atoms with E-state index in [0.717, 1.165) is 16.9 Å². The molecule has 0 radical (unpaired) electrons. The van der Waals surface area contributed by atoms with Crippen LogP contribution in [0.15, 0.2) is 47.0 Å². The lowest BCUT2D eigenvalue weighted by Crippen LogP contribution is -2.28. The molecule has 2 heterocycles. The summed E-state index contributed by atoms with van der Waals surface area (Å²) in [4.78, 5) is 19.1. The lowest BCUT2D eigenvalue weighted by Gasteiger charge is -2.25. The molecule has 0 N–H and O–H groups in total. The molecule has 8 nitrogen and oxygen atoms in total. The Balaban J connectivity index is 1.50. The molecule has 1 amide bonds. The van der Waals surface area contributed by atoms with E-state index in [0.29, 0.717) is 36.2 Å². The fourth-order valence-corrected chi connectivity index (χ4v) is 3.83. The monoisotopic (exact) mass is 423 g/mol. The molecule has 1 aliphatic heterocycles. The number of aromatic nitrogens is 2. The van der Waals surface area contributed by atoms with Gasteiger partial charge in [0.25, 0.3) is 5.89 Å². The lowest BCUT2D eigenvalue weighted by atomic mass is 10.1. The highest BCUT2D eigenvalue weighted by Crippen LogP contribution is 2.35. The van der Waals surface area contributed by atoms with E-state index in [1.54, 1.807) is 33.5 Å². The Morgan fingerprint density at radius 3 is 2.45 bits per heavy atom. The summed E-state index contributed by atoms with van der Waals surface area (Å²) >= 11 is 0. The lowest BCUT2D eigenvalue weighted by molar-refractivity contribution is -0.129. The molecule has 2 aromatic carbocycles. The molecule has 1 aromatic heterocycles. The summed E-state index contributed by atoms with van der Waals surface area (Å²) in [7, 11) is 4.79. The molecule has 2 unspecified atom stereocenters. The Labute approximate surface area is 180 Å². The Hall–Kier alpha value is -3.55. The van der Waals surface area contributed by atoms with Crippen LogP contribution in [0.25, 0.3) is 11.5 Å². The van der Waals surface area contributed by atoms with Gasteiger partial charge in [-0.2, -0.15) is 4.98 Å². The Bertz CT molecular complexity index is 1060. The van der Waals surface area contributed by atoms with Gasteiger partial charge in [0.2, 0.25) is 5.91 Å². The topological polar surface area (TPSA) is 86.9 Å². The fraction of sp³-hybridized carbons (Fsp3) is 0.348. The number of methoxy groups -OCH3 is 3. The number of hydrogen-bond donors (Lipinski definition) is 0. The van der Waals surface area contributed by atoms with Gasteiger partial charge in [0, 0.05) is 24.4 Å². The SMILES string of the molecule is COc1ccc(C(C)N2CC(c3noc(-c4ccc(OC)c(OC)c4)n3)CC2=O)cc1. The van der Waals surface area contributed by atoms with Gasteiger partial charge in [0.05, 0.1) is 27.4 Å². The number of amides is 1. The third-order valence-electron chi connectivity index (χ3n) is 5.66. The smallest absolute Gasteiger partial charge is 0.258 e. The molecule has 0 aliphatic carbocycles. The number of nitrogens with zero attached hydrogens (tertiary/aromatic N) is 3. The first-order valence-electron chi connectivity index (χ1n) is 10.0. The van der Waals surface area contributed by atoms with Crippen LogP contribution in [0, 0.1) is 0 Å². The molecule has 1 aliphatic rings. The summed E-state index contributed by atoms with van der Waals surface area (Å²) in [6.07, 6.45) is 0.353. The van der Waals surface area contributed by atoms with Crippen molar-refractivity contribution >= 4 is 5.91 Å². The number of ether oxygens (including phenoxy) is 3.